The molecule has 0 aliphatic rings. The third-order valence-electron chi connectivity index (χ3n) is 4.76. The summed E-state index contributed by atoms with van der Waals surface area (Å²) in [7, 11) is 1.70. The predicted molar refractivity (Wildman–Crippen MR) is 133 cm³/mol. The minimum Gasteiger partial charge on any atom is -0.489 e. The second-order valence-corrected chi connectivity index (χ2v) is 7.14. The number of halogens is 1. The molecule has 2 N–H and O–H groups in total. The van der Waals surface area contributed by atoms with Crippen LogP contribution in [0, 0.1) is 20.8 Å². The van der Waals surface area contributed by atoms with Crippen molar-refractivity contribution < 1.29 is 9.47 Å². The van der Waals surface area contributed by atoms with Crippen molar-refractivity contribution in [1.82, 2.24) is 20.4 Å². The maximum Gasteiger partial charge on any atom is 0.191 e. The molecule has 0 aliphatic heterocycles. The van der Waals surface area contributed by atoms with Gasteiger partial charge in [0.2, 0.25) is 0 Å². The highest BCUT2D eigenvalue weighted by Crippen LogP contribution is 2.17. The molecule has 0 amide bonds. The molecule has 0 radical (unpaired) electrons. The van der Waals surface area contributed by atoms with Crippen LogP contribution in [0.1, 0.15) is 36.4 Å². The highest BCUT2D eigenvalue weighted by Gasteiger charge is 2.12. The molecular formula is C22H36IN5O2. The first-order chi connectivity index (χ1) is 14.0. The largest absolute Gasteiger partial charge is 0.489 e. The monoisotopic (exact) mass is 529 g/mol. The lowest BCUT2D eigenvalue weighted by atomic mass is 10.2. The Bertz CT molecular complexity index is 807. The molecule has 1 unspecified atom stereocenters. The van der Waals surface area contributed by atoms with Gasteiger partial charge in [-0.15, -0.1) is 24.0 Å². The van der Waals surface area contributed by atoms with E-state index in [4.69, 9.17) is 14.5 Å². The quantitative estimate of drug-likeness (QED) is 0.280. The van der Waals surface area contributed by atoms with Gasteiger partial charge in [0.25, 0.3) is 0 Å². The molecule has 0 spiro atoms. The Kier molecular flexibility index (Phi) is 11.8. The molecule has 168 valence electrons. The molecule has 30 heavy (non-hydrogen) atoms. The molecule has 0 saturated carbocycles. The van der Waals surface area contributed by atoms with Crippen LogP contribution in [0.3, 0.4) is 0 Å². The van der Waals surface area contributed by atoms with Gasteiger partial charge in [0.05, 0.1) is 31.9 Å². The van der Waals surface area contributed by atoms with Crippen molar-refractivity contribution in [2.24, 2.45) is 4.99 Å². The molecule has 7 nitrogen and oxygen atoms in total. The van der Waals surface area contributed by atoms with E-state index < -0.39 is 0 Å². The average Bonchev–Trinajstić information content (AvgIpc) is 2.97. The van der Waals surface area contributed by atoms with Gasteiger partial charge >= 0.3 is 0 Å². The molecule has 8 heteroatoms. The van der Waals surface area contributed by atoms with Gasteiger partial charge in [0.15, 0.2) is 5.96 Å². The van der Waals surface area contributed by atoms with Crippen LogP contribution in [0.2, 0.25) is 0 Å². The van der Waals surface area contributed by atoms with Crippen LogP contribution in [-0.4, -0.2) is 48.7 Å². The molecule has 2 rings (SSSR count). The van der Waals surface area contributed by atoms with Crippen molar-refractivity contribution >= 4 is 29.9 Å². The summed E-state index contributed by atoms with van der Waals surface area (Å²) in [5.74, 6) is 1.69. The number of aryl methyl sites for hydroxylation is 2. The first-order valence-electron chi connectivity index (χ1n) is 10.2. The zero-order chi connectivity index (χ0) is 21.2. The Morgan fingerprint density at radius 1 is 1.20 bits per heavy atom. The van der Waals surface area contributed by atoms with E-state index >= 15 is 0 Å². The fraction of sp³-hybridized carbons (Fsp3) is 0.545. The minimum atomic E-state index is 0. The van der Waals surface area contributed by atoms with Crippen LogP contribution >= 0.6 is 24.0 Å². The molecule has 1 atom stereocenters. The normalized spacial score (nSPS) is 12.3. The van der Waals surface area contributed by atoms with Gasteiger partial charge in [0.1, 0.15) is 11.9 Å². The lowest BCUT2D eigenvalue weighted by Gasteiger charge is -2.18. The van der Waals surface area contributed by atoms with Crippen molar-refractivity contribution in [3.05, 3.63) is 46.8 Å². The van der Waals surface area contributed by atoms with Crippen LogP contribution in [0.25, 0.3) is 0 Å². The smallest absolute Gasteiger partial charge is 0.191 e. The number of ether oxygens (including phenoxy) is 2. The number of aromatic nitrogens is 2. The number of hydrogen-bond donors (Lipinski definition) is 2. The van der Waals surface area contributed by atoms with Crippen LogP contribution in [0.5, 0.6) is 5.75 Å². The summed E-state index contributed by atoms with van der Waals surface area (Å²) in [4.78, 5) is 4.75. The van der Waals surface area contributed by atoms with Gasteiger partial charge in [-0.3, -0.25) is 4.68 Å². The van der Waals surface area contributed by atoms with Crippen molar-refractivity contribution in [2.45, 2.75) is 53.8 Å². The number of para-hydroxylation sites is 1. The van der Waals surface area contributed by atoms with E-state index in [1.165, 1.54) is 0 Å². The first-order valence-corrected chi connectivity index (χ1v) is 10.2. The molecule has 1 aromatic heterocycles. The molecule has 2 aromatic rings. The molecule has 1 aromatic carbocycles. The number of methoxy groups -OCH3 is 1. The summed E-state index contributed by atoms with van der Waals surface area (Å²) in [5.41, 5.74) is 4.43. The van der Waals surface area contributed by atoms with E-state index in [0.29, 0.717) is 19.7 Å². The maximum atomic E-state index is 6.05. The molecule has 0 fully saturated rings. The van der Waals surface area contributed by atoms with Gasteiger partial charge < -0.3 is 20.1 Å². The number of benzene rings is 1. The van der Waals surface area contributed by atoms with E-state index in [-0.39, 0.29) is 30.1 Å². The molecule has 0 saturated heterocycles. The van der Waals surface area contributed by atoms with E-state index in [1.807, 2.05) is 29.8 Å². The van der Waals surface area contributed by atoms with Crippen molar-refractivity contribution in [1.29, 1.82) is 0 Å². The molecule has 0 aliphatic carbocycles. The van der Waals surface area contributed by atoms with Crippen LogP contribution < -0.4 is 15.4 Å². The SMILES string of the molecule is CCNC(=NCc1c(C)nn(CCOC)c1C)NCC(C)Oc1ccccc1C.I. The maximum absolute atomic E-state index is 6.05. The third kappa shape index (κ3) is 7.79. The summed E-state index contributed by atoms with van der Waals surface area (Å²) >= 11 is 0. The number of hydrogen-bond acceptors (Lipinski definition) is 4. The summed E-state index contributed by atoms with van der Waals surface area (Å²) in [6.07, 6.45) is 0.0141. The van der Waals surface area contributed by atoms with Crippen molar-refractivity contribution in [3.8, 4) is 5.75 Å². The van der Waals surface area contributed by atoms with Crippen molar-refractivity contribution in [3.63, 3.8) is 0 Å². The molecular weight excluding hydrogens is 493 g/mol. The summed E-state index contributed by atoms with van der Waals surface area (Å²) in [6, 6.07) is 8.06. The van der Waals surface area contributed by atoms with Gasteiger partial charge in [-0.2, -0.15) is 5.10 Å². The van der Waals surface area contributed by atoms with Crippen LogP contribution in [0.15, 0.2) is 29.3 Å². The van der Waals surface area contributed by atoms with Crippen molar-refractivity contribution in [2.75, 3.05) is 26.8 Å². The van der Waals surface area contributed by atoms with E-state index in [9.17, 15) is 0 Å². The molecule has 1 heterocycles. The lowest BCUT2D eigenvalue weighted by Crippen LogP contribution is -2.41. The standard InChI is InChI=1S/C22H35N5O2.HI/c1-7-23-22(24-14-17(3)29-21-11-9-8-10-16(21)2)25-15-20-18(4)26-27(19(20)5)12-13-28-6;/h8-11,17H,7,12-15H2,1-6H3,(H2,23,24,25);1H. The Morgan fingerprint density at radius 2 is 1.93 bits per heavy atom. The van der Waals surface area contributed by atoms with Crippen LogP contribution in [-0.2, 0) is 17.8 Å². The number of guanidine groups is 1. The van der Waals surface area contributed by atoms with Gasteiger partial charge in [-0.25, -0.2) is 4.99 Å². The number of nitrogens with one attached hydrogen (secondary N) is 2. The number of aliphatic imine (C=N–C) groups is 1. The fourth-order valence-electron chi connectivity index (χ4n) is 3.05. The van der Waals surface area contributed by atoms with E-state index in [2.05, 4.69) is 49.5 Å². The zero-order valence-electron chi connectivity index (χ0n) is 19.0. The van der Waals surface area contributed by atoms with Gasteiger partial charge in [-0.1, -0.05) is 18.2 Å². The number of nitrogens with zero attached hydrogens (tertiary/aromatic N) is 3. The topological polar surface area (TPSA) is 72.7 Å². The summed E-state index contributed by atoms with van der Waals surface area (Å²) in [5, 5.41) is 11.3. The van der Waals surface area contributed by atoms with Gasteiger partial charge in [0, 0.05) is 24.9 Å². The summed E-state index contributed by atoms with van der Waals surface area (Å²) in [6.45, 7) is 13.7. The zero-order valence-corrected chi connectivity index (χ0v) is 21.3. The third-order valence-corrected chi connectivity index (χ3v) is 4.76. The second kappa shape index (κ2) is 13.5. The second-order valence-electron chi connectivity index (χ2n) is 7.14. The van der Waals surface area contributed by atoms with E-state index in [0.717, 1.165) is 47.3 Å². The minimum absolute atomic E-state index is 0. The first kappa shape index (κ1) is 26.2. The molecule has 0 bridgehead atoms. The Balaban J connectivity index is 0.00000450. The van der Waals surface area contributed by atoms with E-state index in [1.54, 1.807) is 7.11 Å². The van der Waals surface area contributed by atoms with Crippen LogP contribution in [0.4, 0.5) is 0 Å². The Labute approximate surface area is 197 Å². The predicted octanol–water partition coefficient (Wildman–Crippen LogP) is 3.60. The highest BCUT2D eigenvalue weighted by molar-refractivity contribution is 14.0. The highest BCUT2D eigenvalue weighted by atomic mass is 127. The summed E-state index contributed by atoms with van der Waals surface area (Å²) < 4.78 is 13.2. The Hall–Kier alpha value is -1.81. The van der Waals surface area contributed by atoms with Gasteiger partial charge in [-0.05, 0) is 46.2 Å². The Morgan fingerprint density at radius 3 is 2.60 bits per heavy atom. The lowest BCUT2D eigenvalue weighted by molar-refractivity contribution is 0.182. The fourth-order valence-corrected chi connectivity index (χ4v) is 3.05. The number of rotatable bonds is 10. The average molecular weight is 529 g/mol.